The van der Waals surface area contributed by atoms with Crippen molar-refractivity contribution in [3.63, 3.8) is 0 Å². The molecule has 1 aromatic carbocycles. The van der Waals surface area contributed by atoms with Gasteiger partial charge >= 0.3 is 5.97 Å². The molecular formula is C12H8N4O2S. The van der Waals surface area contributed by atoms with E-state index in [0.717, 1.165) is 10.6 Å². The first-order valence-corrected chi connectivity index (χ1v) is 6.03. The molecule has 0 amide bonds. The van der Waals surface area contributed by atoms with E-state index in [1.165, 1.54) is 17.4 Å². The Hall–Kier alpha value is -2.63. The van der Waals surface area contributed by atoms with Gasteiger partial charge in [-0.15, -0.1) is 11.3 Å². The average Bonchev–Trinajstić information content (AvgIpc) is 2.88. The van der Waals surface area contributed by atoms with Gasteiger partial charge in [0.05, 0.1) is 0 Å². The van der Waals surface area contributed by atoms with Crippen molar-refractivity contribution in [3.8, 4) is 10.6 Å². The second-order valence-corrected chi connectivity index (χ2v) is 4.52. The third kappa shape index (κ3) is 3.19. The summed E-state index contributed by atoms with van der Waals surface area (Å²) in [6.07, 6.45) is 2.84. The third-order valence-electron chi connectivity index (χ3n) is 2.19. The molecular weight excluding hydrogens is 264 g/mol. The zero-order valence-corrected chi connectivity index (χ0v) is 10.4. The molecule has 0 atom stereocenters. The molecule has 6 nitrogen and oxygen atoms in total. The van der Waals surface area contributed by atoms with Crippen molar-refractivity contribution in [1.82, 2.24) is 4.98 Å². The largest absolute Gasteiger partial charge is 0.478 e. The Labute approximate surface area is 112 Å². The molecule has 0 aliphatic rings. The van der Waals surface area contributed by atoms with Crippen LogP contribution in [0.25, 0.3) is 27.1 Å². The number of benzene rings is 1. The molecule has 0 saturated carbocycles. The Morgan fingerprint density at radius 2 is 2.16 bits per heavy atom. The molecule has 2 rings (SSSR count). The summed E-state index contributed by atoms with van der Waals surface area (Å²) < 4.78 is 0. The number of hydrogen-bond donors (Lipinski definition) is 1. The fraction of sp³-hybridized carbons (Fsp3) is 0. The third-order valence-corrected chi connectivity index (χ3v) is 3.19. The molecule has 19 heavy (non-hydrogen) atoms. The number of aromatic nitrogens is 1. The van der Waals surface area contributed by atoms with Gasteiger partial charge in [-0.25, -0.2) is 9.78 Å². The summed E-state index contributed by atoms with van der Waals surface area (Å²) in [4.78, 5) is 18.1. The van der Waals surface area contributed by atoms with Crippen LogP contribution in [0.5, 0.6) is 0 Å². The highest BCUT2D eigenvalue weighted by atomic mass is 32.1. The van der Waals surface area contributed by atoms with Crippen molar-refractivity contribution in [1.29, 1.82) is 0 Å². The lowest BCUT2D eigenvalue weighted by molar-refractivity contribution is -0.132. The average molecular weight is 272 g/mol. The number of carbonyl (C=O) groups is 1. The van der Waals surface area contributed by atoms with Crippen molar-refractivity contribution in [3.05, 3.63) is 57.5 Å². The van der Waals surface area contributed by atoms with Gasteiger partial charge in [0.25, 0.3) is 0 Å². The Morgan fingerprint density at radius 3 is 2.79 bits per heavy atom. The normalized spacial score (nSPS) is 10.8. The van der Waals surface area contributed by atoms with E-state index in [-0.39, 0.29) is 5.70 Å². The second kappa shape index (κ2) is 5.81. The summed E-state index contributed by atoms with van der Waals surface area (Å²) >= 11 is 1.32. The minimum atomic E-state index is -1.27. The first-order chi connectivity index (χ1) is 9.20. The molecule has 1 aromatic heterocycles. The number of nitrogens with zero attached hydrogens (tertiary/aromatic N) is 4. The maximum atomic E-state index is 10.8. The van der Waals surface area contributed by atoms with E-state index in [4.69, 9.17) is 10.6 Å². The molecule has 0 spiro atoms. The molecule has 0 radical (unpaired) electrons. The highest BCUT2D eigenvalue weighted by Crippen LogP contribution is 2.26. The van der Waals surface area contributed by atoms with Crippen LogP contribution in [0.15, 0.2) is 47.3 Å². The van der Waals surface area contributed by atoms with Crippen molar-refractivity contribution >= 4 is 23.4 Å². The fourth-order valence-corrected chi connectivity index (χ4v) is 2.24. The molecule has 1 N–H and O–H groups in total. The molecule has 0 aliphatic carbocycles. The highest BCUT2D eigenvalue weighted by molar-refractivity contribution is 7.15. The summed E-state index contributed by atoms with van der Waals surface area (Å²) in [5.74, 6) is -1.27. The summed E-state index contributed by atoms with van der Waals surface area (Å²) in [6.45, 7) is 0. The topological polar surface area (TPSA) is 99.0 Å². The smallest absolute Gasteiger partial charge is 0.338 e. The van der Waals surface area contributed by atoms with Crippen LogP contribution >= 0.6 is 11.3 Å². The van der Waals surface area contributed by atoms with Gasteiger partial charge in [0.2, 0.25) is 0 Å². The van der Waals surface area contributed by atoms with Gasteiger partial charge < -0.3 is 5.11 Å². The number of azide groups is 1. The molecule has 7 heteroatoms. The molecule has 0 bridgehead atoms. The molecule has 0 saturated heterocycles. The molecule has 0 aliphatic heterocycles. The van der Waals surface area contributed by atoms with Crippen LogP contribution in [0.1, 0.15) is 4.88 Å². The molecule has 2 aromatic rings. The van der Waals surface area contributed by atoms with Crippen molar-refractivity contribution in [2.75, 3.05) is 0 Å². The van der Waals surface area contributed by atoms with Gasteiger partial charge in [0.1, 0.15) is 10.7 Å². The standard InChI is InChI=1S/C12H8N4O2S/c13-16-15-10(12(17)18)6-9-7-14-11(19-9)8-4-2-1-3-5-8/h1-7H,(H,17,18)/b10-6-. The van der Waals surface area contributed by atoms with Crippen molar-refractivity contribution in [2.45, 2.75) is 0 Å². The summed E-state index contributed by atoms with van der Waals surface area (Å²) in [7, 11) is 0. The Balaban J connectivity index is 2.34. The molecule has 0 fully saturated rings. The number of carboxylic acids is 1. The lowest BCUT2D eigenvalue weighted by Gasteiger charge is -1.93. The number of rotatable bonds is 4. The second-order valence-electron chi connectivity index (χ2n) is 3.46. The van der Waals surface area contributed by atoms with Gasteiger partial charge in [0, 0.05) is 21.5 Å². The lowest BCUT2D eigenvalue weighted by Crippen LogP contribution is -1.95. The first-order valence-electron chi connectivity index (χ1n) is 5.22. The predicted octanol–water partition coefficient (Wildman–Crippen LogP) is 3.55. The number of aliphatic carboxylic acids is 1. The maximum absolute atomic E-state index is 10.8. The maximum Gasteiger partial charge on any atom is 0.338 e. The summed E-state index contributed by atoms with van der Waals surface area (Å²) in [5.41, 5.74) is 8.88. The van der Waals surface area contributed by atoms with Crippen LogP contribution in [0, 0.1) is 0 Å². The molecule has 0 unspecified atom stereocenters. The van der Waals surface area contributed by atoms with Crippen LogP contribution in [0.4, 0.5) is 0 Å². The minimum absolute atomic E-state index is 0.356. The highest BCUT2D eigenvalue weighted by Gasteiger charge is 2.07. The van der Waals surface area contributed by atoms with Crippen LogP contribution in [0.2, 0.25) is 0 Å². The number of carboxylic acid groups (broad SMARTS) is 1. The van der Waals surface area contributed by atoms with E-state index in [0.29, 0.717) is 4.88 Å². The zero-order chi connectivity index (χ0) is 13.7. The fourth-order valence-electron chi connectivity index (χ4n) is 1.38. The van der Waals surface area contributed by atoms with E-state index in [9.17, 15) is 4.79 Å². The van der Waals surface area contributed by atoms with Gasteiger partial charge in [-0.3, -0.25) is 0 Å². The summed E-state index contributed by atoms with van der Waals surface area (Å²) in [5, 5.41) is 12.7. The van der Waals surface area contributed by atoms with Crippen LogP contribution in [0.3, 0.4) is 0 Å². The summed E-state index contributed by atoms with van der Waals surface area (Å²) in [6, 6.07) is 9.53. The van der Waals surface area contributed by atoms with Crippen LogP contribution in [-0.2, 0) is 4.79 Å². The van der Waals surface area contributed by atoms with E-state index in [1.54, 1.807) is 6.20 Å². The number of thiazole rings is 1. The quantitative estimate of drug-likeness (QED) is 0.398. The van der Waals surface area contributed by atoms with E-state index in [2.05, 4.69) is 15.0 Å². The Bertz CT molecular complexity index is 668. The van der Waals surface area contributed by atoms with Crippen LogP contribution < -0.4 is 0 Å². The van der Waals surface area contributed by atoms with E-state index < -0.39 is 5.97 Å². The van der Waals surface area contributed by atoms with E-state index >= 15 is 0 Å². The monoisotopic (exact) mass is 272 g/mol. The first kappa shape index (κ1) is 12.8. The van der Waals surface area contributed by atoms with Gasteiger partial charge in [-0.2, -0.15) is 0 Å². The number of hydrogen-bond acceptors (Lipinski definition) is 4. The predicted molar refractivity (Wildman–Crippen MR) is 72.3 cm³/mol. The van der Waals surface area contributed by atoms with Crippen LogP contribution in [-0.4, -0.2) is 16.1 Å². The Morgan fingerprint density at radius 1 is 1.42 bits per heavy atom. The lowest BCUT2D eigenvalue weighted by atomic mass is 10.2. The van der Waals surface area contributed by atoms with Crippen molar-refractivity contribution < 1.29 is 9.90 Å². The van der Waals surface area contributed by atoms with Gasteiger partial charge in [-0.1, -0.05) is 35.4 Å². The van der Waals surface area contributed by atoms with Gasteiger partial charge in [0.15, 0.2) is 0 Å². The zero-order valence-electron chi connectivity index (χ0n) is 9.59. The minimum Gasteiger partial charge on any atom is -0.478 e. The molecule has 94 valence electrons. The SMILES string of the molecule is [N-]=[N+]=N/C(=C\c1cnc(-c2ccccc2)s1)C(=O)O. The van der Waals surface area contributed by atoms with E-state index in [1.807, 2.05) is 30.3 Å². The van der Waals surface area contributed by atoms with Gasteiger partial charge in [-0.05, 0) is 11.6 Å². The molecule has 1 heterocycles. The Kier molecular flexibility index (Phi) is 3.92. The van der Waals surface area contributed by atoms with Crippen molar-refractivity contribution in [2.24, 2.45) is 5.11 Å².